The number of nitrogens with zero attached hydrogens (tertiary/aromatic N) is 3. The maximum atomic E-state index is 12.1. The Bertz CT molecular complexity index is 847. The molecule has 3 aromatic rings. The van der Waals surface area contributed by atoms with Crippen molar-refractivity contribution < 1.29 is 4.79 Å². The molecule has 1 amide bonds. The third-order valence-corrected chi connectivity index (χ3v) is 3.74. The van der Waals surface area contributed by atoms with Gasteiger partial charge in [-0.1, -0.05) is 6.92 Å². The Morgan fingerprint density at radius 2 is 1.83 bits per heavy atom. The maximum absolute atomic E-state index is 12.1. The number of anilines is 2. The van der Waals surface area contributed by atoms with Gasteiger partial charge in [0.15, 0.2) is 5.65 Å². The molecule has 1 unspecified atom stereocenters. The second kappa shape index (κ2) is 7.04. The van der Waals surface area contributed by atoms with E-state index in [1.165, 1.54) is 0 Å². The standard InChI is InChI=1S/C18H19N5O/c1-3-12(2)21-18(24)13-4-6-14(7-5-13)22-16-9-8-15-17(23-16)20-11-10-19-15/h4-12H,3H2,1-2H3,(H,21,24)(H,20,22,23). The van der Waals surface area contributed by atoms with Crippen molar-refractivity contribution in [1.29, 1.82) is 0 Å². The largest absolute Gasteiger partial charge is 0.350 e. The summed E-state index contributed by atoms with van der Waals surface area (Å²) in [5, 5.41) is 6.15. The molecule has 0 aliphatic rings. The van der Waals surface area contributed by atoms with E-state index in [1.54, 1.807) is 24.5 Å². The molecule has 0 radical (unpaired) electrons. The predicted octanol–water partition coefficient (Wildman–Crippen LogP) is 3.30. The van der Waals surface area contributed by atoms with Crippen LogP contribution in [0.1, 0.15) is 30.6 Å². The summed E-state index contributed by atoms with van der Waals surface area (Å²) in [6, 6.07) is 11.2. The summed E-state index contributed by atoms with van der Waals surface area (Å²) in [7, 11) is 0. The number of carbonyl (C=O) groups is 1. The van der Waals surface area contributed by atoms with Gasteiger partial charge in [0.1, 0.15) is 11.3 Å². The number of carbonyl (C=O) groups excluding carboxylic acids is 1. The van der Waals surface area contributed by atoms with E-state index in [4.69, 9.17) is 0 Å². The highest BCUT2D eigenvalue weighted by Gasteiger charge is 2.08. The van der Waals surface area contributed by atoms with Crippen LogP contribution in [-0.2, 0) is 0 Å². The summed E-state index contributed by atoms with van der Waals surface area (Å²) < 4.78 is 0. The molecule has 1 atom stereocenters. The fourth-order valence-corrected chi connectivity index (χ4v) is 2.19. The molecule has 6 heteroatoms. The molecule has 0 bridgehead atoms. The second-order valence-corrected chi connectivity index (χ2v) is 5.58. The maximum Gasteiger partial charge on any atom is 0.251 e. The Kier molecular flexibility index (Phi) is 4.65. The van der Waals surface area contributed by atoms with Crippen molar-refractivity contribution >= 4 is 28.6 Å². The van der Waals surface area contributed by atoms with E-state index in [9.17, 15) is 4.79 Å². The minimum Gasteiger partial charge on any atom is -0.350 e. The van der Waals surface area contributed by atoms with Gasteiger partial charge in [-0.3, -0.25) is 9.78 Å². The van der Waals surface area contributed by atoms with Crippen molar-refractivity contribution in [3.63, 3.8) is 0 Å². The molecular formula is C18H19N5O. The molecule has 2 aromatic heterocycles. The molecule has 0 fully saturated rings. The summed E-state index contributed by atoms with van der Waals surface area (Å²) in [4.78, 5) is 24.9. The molecule has 0 saturated carbocycles. The Morgan fingerprint density at radius 1 is 1.08 bits per heavy atom. The number of rotatable bonds is 5. The van der Waals surface area contributed by atoms with Crippen LogP contribution in [-0.4, -0.2) is 26.9 Å². The van der Waals surface area contributed by atoms with Gasteiger partial charge in [0.2, 0.25) is 0 Å². The van der Waals surface area contributed by atoms with E-state index in [0.717, 1.165) is 17.6 Å². The van der Waals surface area contributed by atoms with Gasteiger partial charge in [-0.2, -0.15) is 0 Å². The smallest absolute Gasteiger partial charge is 0.251 e. The summed E-state index contributed by atoms with van der Waals surface area (Å²) in [5.41, 5.74) is 2.83. The Morgan fingerprint density at radius 3 is 2.58 bits per heavy atom. The Balaban J connectivity index is 1.72. The van der Waals surface area contributed by atoms with Crippen LogP contribution in [0.25, 0.3) is 11.2 Å². The molecular weight excluding hydrogens is 302 g/mol. The van der Waals surface area contributed by atoms with Crippen LogP contribution < -0.4 is 10.6 Å². The lowest BCUT2D eigenvalue weighted by molar-refractivity contribution is 0.0939. The molecule has 0 saturated heterocycles. The molecule has 24 heavy (non-hydrogen) atoms. The number of nitrogens with one attached hydrogen (secondary N) is 2. The van der Waals surface area contributed by atoms with Crippen molar-refractivity contribution in [3.05, 3.63) is 54.4 Å². The fourth-order valence-electron chi connectivity index (χ4n) is 2.19. The zero-order valence-electron chi connectivity index (χ0n) is 13.7. The SMILES string of the molecule is CCC(C)NC(=O)c1ccc(Nc2ccc3nccnc3n2)cc1. The highest BCUT2D eigenvalue weighted by atomic mass is 16.1. The molecule has 0 aliphatic heterocycles. The van der Waals surface area contributed by atoms with E-state index in [2.05, 4.69) is 25.6 Å². The van der Waals surface area contributed by atoms with Gasteiger partial charge in [-0.25, -0.2) is 9.97 Å². The zero-order valence-corrected chi connectivity index (χ0v) is 13.7. The highest BCUT2D eigenvalue weighted by molar-refractivity contribution is 5.94. The van der Waals surface area contributed by atoms with Crippen LogP contribution in [0.15, 0.2) is 48.8 Å². The zero-order chi connectivity index (χ0) is 16.9. The van der Waals surface area contributed by atoms with E-state index in [0.29, 0.717) is 17.0 Å². The molecule has 0 aliphatic carbocycles. The minimum atomic E-state index is -0.0602. The number of hydrogen-bond donors (Lipinski definition) is 2. The van der Waals surface area contributed by atoms with E-state index in [1.807, 2.05) is 38.1 Å². The van der Waals surface area contributed by atoms with Gasteiger partial charge in [0, 0.05) is 29.7 Å². The fraction of sp³-hybridized carbons (Fsp3) is 0.222. The molecule has 1 aromatic carbocycles. The van der Waals surface area contributed by atoms with Gasteiger partial charge >= 0.3 is 0 Å². The van der Waals surface area contributed by atoms with Gasteiger partial charge in [0.25, 0.3) is 5.91 Å². The summed E-state index contributed by atoms with van der Waals surface area (Å²) in [6.45, 7) is 4.03. The average Bonchev–Trinajstić information content (AvgIpc) is 2.62. The van der Waals surface area contributed by atoms with Crippen LogP contribution >= 0.6 is 0 Å². The Hall–Kier alpha value is -3.02. The van der Waals surface area contributed by atoms with Gasteiger partial charge in [0.05, 0.1) is 0 Å². The minimum absolute atomic E-state index is 0.0602. The van der Waals surface area contributed by atoms with Crippen molar-refractivity contribution in [2.75, 3.05) is 5.32 Å². The number of hydrogen-bond acceptors (Lipinski definition) is 5. The second-order valence-electron chi connectivity index (χ2n) is 5.58. The first-order valence-corrected chi connectivity index (χ1v) is 7.91. The summed E-state index contributed by atoms with van der Waals surface area (Å²) >= 11 is 0. The summed E-state index contributed by atoms with van der Waals surface area (Å²) in [6.07, 6.45) is 4.16. The van der Waals surface area contributed by atoms with E-state index in [-0.39, 0.29) is 11.9 Å². The lowest BCUT2D eigenvalue weighted by Gasteiger charge is -2.12. The van der Waals surface area contributed by atoms with Crippen molar-refractivity contribution in [1.82, 2.24) is 20.3 Å². The lowest BCUT2D eigenvalue weighted by Crippen LogP contribution is -2.31. The van der Waals surface area contributed by atoms with Crippen molar-refractivity contribution in [2.45, 2.75) is 26.3 Å². The molecule has 2 heterocycles. The van der Waals surface area contributed by atoms with Gasteiger partial charge in [-0.15, -0.1) is 0 Å². The predicted molar refractivity (Wildman–Crippen MR) is 94.3 cm³/mol. The van der Waals surface area contributed by atoms with Crippen LogP contribution in [0.3, 0.4) is 0 Å². The van der Waals surface area contributed by atoms with Crippen LogP contribution in [0.5, 0.6) is 0 Å². The van der Waals surface area contributed by atoms with Gasteiger partial charge in [-0.05, 0) is 49.7 Å². The molecule has 122 valence electrons. The first-order chi connectivity index (χ1) is 11.7. The van der Waals surface area contributed by atoms with Crippen LogP contribution in [0, 0.1) is 0 Å². The normalized spacial score (nSPS) is 11.9. The van der Waals surface area contributed by atoms with E-state index < -0.39 is 0 Å². The highest BCUT2D eigenvalue weighted by Crippen LogP contribution is 2.17. The first kappa shape index (κ1) is 15.9. The number of aromatic nitrogens is 3. The quantitative estimate of drug-likeness (QED) is 0.754. The molecule has 0 spiro atoms. The Labute approximate surface area is 140 Å². The number of fused-ring (bicyclic) bond motifs is 1. The van der Waals surface area contributed by atoms with E-state index >= 15 is 0 Å². The molecule has 2 N–H and O–H groups in total. The number of benzene rings is 1. The number of amides is 1. The van der Waals surface area contributed by atoms with Crippen molar-refractivity contribution in [2.24, 2.45) is 0 Å². The third kappa shape index (κ3) is 3.65. The lowest BCUT2D eigenvalue weighted by atomic mass is 10.1. The molecule has 6 nitrogen and oxygen atoms in total. The van der Waals surface area contributed by atoms with Crippen LogP contribution in [0.2, 0.25) is 0 Å². The third-order valence-electron chi connectivity index (χ3n) is 3.74. The monoisotopic (exact) mass is 321 g/mol. The summed E-state index contributed by atoms with van der Waals surface area (Å²) in [5.74, 6) is 0.620. The first-order valence-electron chi connectivity index (χ1n) is 7.91. The number of pyridine rings is 1. The topological polar surface area (TPSA) is 79.8 Å². The molecule has 3 rings (SSSR count). The van der Waals surface area contributed by atoms with Crippen LogP contribution in [0.4, 0.5) is 11.5 Å². The van der Waals surface area contributed by atoms with Crippen molar-refractivity contribution in [3.8, 4) is 0 Å². The average molecular weight is 321 g/mol. The van der Waals surface area contributed by atoms with Gasteiger partial charge < -0.3 is 10.6 Å².